The molecule has 1 saturated heterocycles. The van der Waals surface area contributed by atoms with Crippen molar-refractivity contribution >= 4 is 41.5 Å². The normalized spacial score (nSPS) is 17.5. The molecule has 3 N–H and O–H groups in total. The first-order chi connectivity index (χ1) is 15.7. The van der Waals surface area contributed by atoms with Crippen molar-refractivity contribution in [2.24, 2.45) is 10.9 Å². The molecule has 2 aromatic rings. The SMILES string of the molecule is CN=C(NCc1cccc(NC(=O)C2CCC2)c1)NCC(c1ccccc1)N1CCCC1.I. The number of carbonyl (C=O) groups excluding carboxylic acids is 1. The predicted octanol–water partition coefficient (Wildman–Crippen LogP) is 4.55. The number of halogens is 1. The Morgan fingerprint density at radius 2 is 1.79 bits per heavy atom. The van der Waals surface area contributed by atoms with Crippen LogP contribution in [0.25, 0.3) is 0 Å². The minimum Gasteiger partial charge on any atom is -0.354 e. The van der Waals surface area contributed by atoms with Gasteiger partial charge in [0.05, 0.1) is 6.04 Å². The maximum absolute atomic E-state index is 12.2. The molecule has 4 rings (SSSR count). The topological polar surface area (TPSA) is 68.8 Å². The average molecular weight is 562 g/mol. The molecule has 178 valence electrons. The molecule has 1 saturated carbocycles. The maximum atomic E-state index is 12.2. The maximum Gasteiger partial charge on any atom is 0.227 e. The molecule has 1 amide bonds. The minimum atomic E-state index is 0. The van der Waals surface area contributed by atoms with Gasteiger partial charge in [-0.3, -0.25) is 14.7 Å². The first-order valence-electron chi connectivity index (χ1n) is 11.9. The predicted molar refractivity (Wildman–Crippen MR) is 146 cm³/mol. The van der Waals surface area contributed by atoms with Crippen LogP contribution < -0.4 is 16.0 Å². The summed E-state index contributed by atoms with van der Waals surface area (Å²) < 4.78 is 0. The number of benzene rings is 2. The molecule has 1 aliphatic carbocycles. The lowest BCUT2D eigenvalue weighted by Crippen LogP contribution is -2.42. The van der Waals surface area contributed by atoms with E-state index >= 15 is 0 Å². The molecule has 1 unspecified atom stereocenters. The van der Waals surface area contributed by atoms with Gasteiger partial charge in [-0.05, 0) is 62.0 Å². The molecule has 0 bridgehead atoms. The van der Waals surface area contributed by atoms with E-state index in [0.29, 0.717) is 12.6 Å². The van der Waals surface area contributed by atoms with Crippen molar-refractivity contribution < 1.29 is 4.79 Å². The van der Waals surface area contributed by atoms with Gasteiger partial charge in [0.15, 0.2) is 5.96 Å². The molecule has 2 aromatic carbocycles. The number of guanidine groups is 1. The van der Waals surface area contributed by atoms with Gasteiger partial charge < -0.3 is 16.0 Å². The highest BCUT2D eigenvalue weighted by molar-refractivity contribution is 14.0. The van der Waals surface area contributed by atoms with Crippen LogP contribution in [0.15, 0.2) is 59.6 Å². The van der Waals surface area contributed by atoms with Crippen molar-refractivity contribution in [3.05, 3.63) is 65.7 Å². The third kappa shape index (κ3) is 7.17. The second-order valence-electron chi connectivity index (χ2n) is 8.79. The Labute approximate surface area is 214 Å². The molecule has 0 spiro atoms. The summed E-state index contributed by atoms with van der Waals surface area (Å²) in [6, 6.07) is 19.1. The molecule has 2 aliphatic rings. The minimum absolute atomic E-state index is 0. The van der Waals surface area contributed by atoms with Crippen LogP contribution in [0.1, 0.15) is 49.3 Å². The Hall–Kier alpha value is -2.13. The van der Waals surface area contributed by atoms with E-state index in [4.69, 9.17) is 0 Å². The molecular weight excluding hydrogens is 525 g/mol. The van der Waals surface area contributed by atoms with Crippen LogP contribution in [-0.4, -0.2) is 43.4 Å². The van der Waals surface area contributed by atoms with E-state index in [-0.39, 0.29) is 35.8 Å². The highest BCUT2D eigenvalue weighted by Gasteiger charge is 2.25. The van der Waals surface area contributed by atoms with Gasteiger partial charge in [0.1, 0.15) is 0 Å². The molecule has 0 radical (unpaired) electrons. The zero-order valence-electron chi connectivity index (χ0n) is 19.4. The standard InChI is InChI=1S/C26H35N5O.HI/c1-27-26(29-19-24(31-15-5-6-16-31)21-10-3-2-4-11-21)28-18-20-9-7-14-23(17-20)30-25(32)22-12-8-13-22;/h2-4,7,9-11,14,17,22,24H,5-6,8,12-13,15-16,18-19H2,1H3,(H,30,32)(H2,27,28,29);1H. The molecule has 1 heterocycles. The number of aliphatic imine (C=N–C) groups is 1. The first kappa shape index (κ1) is 25.5. The fourth-order valence-electron chi connectivity index (χ4n) is 4.46. The number of carbonyl (C=O) groups is 1. The van der Waals surface area contributed by atoms with E-state index < -0.39 is 0 Å². The van der Waals surface area contributed by atoms with Crippen molar-refractivity contribution in [2.75, 3.05) is 32.0 Å². The fourth-order valence-corrected chi connectivity index (χ4v) is 4.46. The van der Waals surface area contributed by atoms with Crippen LogP contribution in [-0.2, 0) is 11.3 Å². The molecule has 7 heteroatoms. The van der Waals surface area contributed by atoms with Crippen molar-refractivity contribution in [3.63, 3.8) is 0 Å². The van der Waals surface area contributed by atoms with Crippen LogP contribution in [0.2, 0.25) is 0 Å². The summed E-state index contributed by atoms with van der Waals surface area (Å²) in [5, 5.41) is 9.99. The van der Waals surface area contributed by atoms with Gasteiger partial charge in [-0.15, -0.1) is 24.0 Å². The van der Waals surface area contributed by atoms with Gasteiger partial charge >= 0.3 is 0 Å². The van der Waals surface area contributed by atoms with Gasteiger partial charge in [0.25, 0.3) is 0 Å². The summed E-state index contributed by atoms with van der Waals surface area (Å²) in [6.07, 6.45) is 5.72. The Kier molecular flexibility index (Phi) is 9.99. The quantitative estimate of drug-likeness (QED) is 0.252. The van der Waals surface area contributed by atoms with Crippen molar-refractivity contribution in [2.45, 2.75) is 44.7 Å². The summed E-state index contributed by atoms with van der Waals surface area (Å²) >= 11 is 0. The lowest BCUT2D eigenvalue weighted by atomic mass is 9.85. The molecule has 1 aliphatic heterocycles. The van der Waals surface area contributed by atoms with Crippen LogP contribution in [0, 0.1) is 5.92 Å². The van der Waals surface area contributed by atoms with Crippen LogP contribution in [0.3, 0.4) is 0 Å². The molecule has 1 atom stereocenters. The van der Waals surface area contributed by atoms with Crippen molar-refractivity contribution in [1.82, 2.24) is 15.5 Å². The van der Waals surface area contributed by atoms with Gasteiger partial charge in [-0.2, -0.15) is 0 Å². The van der Waals surface area contributed by atoms with E-state index in [1.54, 1.807) is 7.05 Å². The van der Waals surface area contributed by atoms with Crippen molar-refractivity contribution in [3.8, 4) is 0 Å². The highest BCUT2D eigenvalue weighted by Crippen LogP contribution is 2.28. The Balaban J connectivity index is 0.00000306. The Morgan fingerprint density at radius 1 is 1.03 bits per heavy atom. The Bertz CT molecular complexity index is 910. The molecule has 2 fully saturated rings. The third-order valence-corrected chi connectivity index (χ3v) is 6.58. The highest BCUT2D eigenvalue weighted by atomic mass is 127. The van der Waals surface area contributed by atoms with E-state index in [2.05, 4.69) is 62.2 Å². The molecular formula is C26H36IN5O. The van der Waals surface area contributed by atoms with E-state index in [0.717, 1.165) is 56.1 Å². The summed E-state index contributed by atoms with van der Waals surface area (Å²) in [5.41, 5.74) is 3.31. The fraction of sp³-hybridized carbons (Fsp3) is 0.462. The number of nitrogens with one attached hydrogen (secondary N) is 3. The first-order valence-corrected chi connectivity index (χ1v) is 11.9. The molecule has 33 heavy (non-hydrogen) atoms. The number of hydrogen-bond donors (Lipinski definition) is 3. The second kappa shape index (κ2) is 12.9. The van der Waals surface area contributed by atoms with Crippen LogP contribution in [0.5, 0.6) is 0 Å². The lowest BCUT2D eigenvalue weighted by Gasteiger charge is -2.29. The monoisotopic (exact) mass is 561 g/mol. The zero-order valence-corrected chi connectivity index (χ0v) is 21.8. The Morgan fingerprint density at radius 3 is 2.45 bits per heavy atom. The van der Waals surface area contributed by atoms with E-state index in [9.17, 15) is 4.79 Å². The molecule has 6 nitrogen and oxygen atoms in total. The lowest BCUT2D eigenvalue weighted by molar-refractivity contribution is -0.122. The number of hydrogen-bond acceptors (Lipinski definition) is 3. The van der Waals surface area contributed by atoms with Gasteiger partial charge in [-0.25, -0.2) is 0 Å². The summed E-state index contributed by atoms with van der Waals surface area (Å²) in [6.45, 7) is 3.74. The van der Waals surface area contributed by atoms with E-state index in [1.165, 1.54) is 18.4 Å². The third-order valence-electron chi connectivity index (χ3n) is 6.58. The number of amides is 1. The van der Waals surface area contributed by atoms with Crippen LogP contribution in [0.4, 0.5) is 5.69 Å². The summed E-state index contributed by atoms with van der Waals surface area (Å²) in [5.74, 6) is 1.12. The number of likely N-dealkylation sites (tertiary alicyclic amines) is 1. The second-order valence-corrected chi connectivity index (χ2v) is 8.79. The largest absolute Gasteiger partial charge is 0.354 e. The number of nitrogens with zero attached hydrogens (tertiary/aromatic N) is 2. The smallest absolute Gasteiger partial charge is 0.227 e. The number of rotatable bonds is 8. The summed E-state index contributed by atoms with van der Waals surface area (Å²) in [4.78, 5) is 19.2. The number of anilines is 1. The van der Waals surface area contributed by atoms with E-state index in [1.807, 2.05) is 18.2 Å². The average Bonchev–Trinajstić information content (AvgIpc) is 3.30. The van der Waals surface area contributed by atoms with Crippen molar-refractivity contribution in [1.29, 1.82) is 0 Å². The summed E-state index contributed by atoms with van der Waals surface area (Å²) in [7, 11) is 1.80. The van der Waals surface area contributed by atoms with Crippen LogP contribution >= 0.6 is 24.0 Å². The van der Waals surface area contributed by atoms with Gasteiger partial charge in [0, 0.05) is 31.7 Å². The zero-order chi connectivity index (χ0) is 22.2. The van der Waals surface area contributed by atoms with Gasteiger partial charge in [-0.1, -0.05) is 48.9 Å². The van der Waals surface area contributed by atoms with Gasteiger partial charge in [0.2, 0.25) is 5.91 Å². The molecule has 0 aromatic heterocycles.